The number of fused-ring (bicyclic) bond motifs is 1. The molecule has 228 valence electrons. The largest absolute Gasteiger partial charge is 0.489 e. The van der Waals surface area contributed by atoms with Gasteiger partial charge in [-0.05, 0) is 71.1 Å². The maximum Gasteiger partial charge on any atom is 0.266 e. The van der Waals surface area contributed by atoms with Crippen LogP contribution in [0, 0.1) is 5.92 Å². The van der Waals surface area contributed by atoms with Crippen molar-refractivity contribution in [2.75, 3.05) is 6.54 Å². The number of thioether (sulfide) groups is 1. The first-order chi connectivity index (χ1) is 22.0. The lowest BCUT2D eigenvalue weighted by Gasteiger charge is -2.21. The predicted octanol–water partition coefficient (Wildman–Crippen LogP) is 9.69. The highest BCUT2D eigenvalue weighted by Crippen LogP contribution is 2.36. The second-order valence-electron chi connectivity index (χ2n) is 11.4. The molecule has 45 heavy (non-hydrogen) atoms. The van der Waals surface area contributed by atoms with Crippen LogP contribution >= 0.6 is 24.0 Å². The molecule has 5 aromatic rings. The summed E-state index contributed by atoms with van der Waals surface area (Å²) in [6.07, 6.45) is 8.39. The van der Waals surface area contributed by atoms with E-state index in [2.05, 4.69) is 56.3 Å². The van der Waals surface area contributed by atoms with Gasteiger partial charge in [0.15, 0.2) is 0 Å². The van der Waals surface area contributed by atoms with Gasteiger partial charge in [0.1, 0.15) is 16.7 Å². The van der Waals surface area contributed by atoms with Gasteiger partial charge in [-0.3, -0.25) is 9.69 Å². The molecule has 0 spiro atoms. The lowest BCUT2D eigenvalue weighted by atomic mass is 9.99. The molecule has 4 aromatic carbocycles. The van der Waals surface area contributed by atoms with Crippen LogP contribution in [-0.4, -0.2) is 31.5 Å². The van der Waals surface area contributed by atoms with Gasteiger partial charge in [-0.1, -0.05) is 118 Å². The molecule has 0 radical (unpaired) electrons. The summed E-state index contributed by atoms with van der Waals surface area (Å²) in [7, 11) is 0. The number of thiocarbonyl (C=S) groups is 1. The standard InChI is InChI=1S/C38H37N3O2S2/c1-3-5-12-27(4-2)24-40-37(42)35(45-38(40)44)23-31-25-41(32-16-7-6-8-17-32)39-36(31)29-19-21-33(22-20-29)43-26-30-15-11-14-28-13-9-10-18-34(28)30/h6-11,13-23,25,27H,3-5,12,24,26H2,1-2H3/b35-23+. The molecule has 0 aliphatic carbocycles. The number of hydrogen-bond acceptors (Lipinski definition) is 5. The molecular formula is C38H37N3O2S2. The van der Waals surface area contributed by atoms with E-state index in [4.69, 9.17) is 22.1 Å². The molecule has 1 aliphatic heterocycles. The van der Waals surface area contributed by atoms with Crippen molar-refractivity contribution in [2.45, 2.75) is 46.1 Å². The van der Waals surface area contributed by atoms with E-state index in [1.807, 2.05) is 71.6 Å². The Balaban J connectivity index is 1.26. The highest BCUT2D eigenvalue weighted by Gasteiger charge is 2.33. The van der Waals surface area contributed by atoms with E-state index in [1.165, 1.54) is 22.5 Å². The fourth-order valence-corrected chi connectivity index (χ4v) is 6.96. The van der Waals surface area contributed by atoms with E-state index in [-0.39, 0.29) is 5.91 Å². The Bertz CT molecular complexity index is 1820. The summed E-state index contributed by atoms with van der Waals surface area (Å²) < 4.78 is 8.70. The van der Waals surface area contributed by atoms with Gasteiger partial charge in [-0.2, -0.15) is 5.10 Å². The zero-order chi connectivity index (χ0) is 31.2. The SMILES string of the molecule is CCCCC(CC)CN1C(=O)/C(=C\c2cn(-c3ccccc3)nc2-c2ccc(OCc3cccc4ccccc34)cc2)SC1=S. The summed E-state index contributed by atoms with van der Waals surface area (Å²) in [6.45, 7) is 5.55. The third-order valence-electron chi connectivity index (χ3n) is 8.31. The molecule has 2 heterocycles. The first kappa shape index (κ1) is 30.8. The number of carbonyl (C=O) groups is 1. The van der Waals surface area contributed by atoms with Crippen LogP contribution in [0.15, 0.2) is 108 Å². The van der Waals surface area contributed by atoms with Crippen molar-refractivity contribution in [2.24, 2.45) is 5.92 Å². The van der Waals surface area contributed by atoms with E-state index >= 15 is 0 Å². The number of para-hydroxylation sites is 1. The van der Waals surface area contributed by atoms with Gasteiger partial charge in [0.05, 0.1) is 16.3 Å². The monoisotopic (exact) mass is 631 g/mol. The summed E-state index contributed by atoms with van der Waals surface area (Å²) in [5.41, 5.74) is 4.69. The molecule has 0 N–H and O–H groups in total. The van der Waals surface area contributed by atoms with Crippen molar-refractivity contribution < 1.29 is 9.53 Å². The van der Waals surface area contributed by atoms with Crippen LogP contribution in [0.5, 0.6) is 5.75 Å². The number of amides is 1. The molecule has 1 atom stereocenters. The Kier molecular flexibility index (Phi) is 9.77. The fourth-order valence-electron chi connectivity index (χ4n) is 5.69. The van der Waals surface area contributed by atoms with Crippen molar-refractivity contribution in [3.8, 4) is 22.7 Å². The highest BCUT2D eigenvalue weighted by atomic mass is 32.2. The number of aromatic nitrogens is 2. The van der Waals surface area contributed by atoms with E-state index in [0.29, 0.717) is 28.3 Å². The Morgan fingerprint density at radius 3 is 2.47 bits per heavy atom. The maximum absolute atomic E-state index is 13.6. The first-order valence-electron chi connectivity index (χ1n) is 15.6. The van der Waals surface area contributed by atoms with Crippen LogP contribution in [0.25, 0.3) is 33.8 Å². The van der Waals surface area contributed by atoms with Gasteiger partial charge in [-0.15, -0.1) is 0 Å². The summed E-state index contributed by atoms with van der Waals surface area (Å²) in [6, 6.07) is 32.7. The van der Waals surface area contributed by atoms with Gasteiger partial charge in [-0.25, -0.2) is 4.68 Å². The number of ether oxygens (including phenoxy) is 1. The van der Waals surface area contributed by atoms with Gasteiger partial charge in [0.25, 0.3) is 5.91 Å². The van der Waals surface area contributed by atoms with Crippen molar-refractivity contribution >= 4 is 51.1 Å². The molecular weight excluding hydrogens is 595 g/mol. The average Bonchev–Trinajstić information content (AvgIpc) is 3.62. The van der Waals surface area contributed by atoms with E-state index in [0.717, 1.165) is 59.5 Å². The minimum atomic E-state index is -0.0180. The maximum atomic E-state index is 13.6. The molecule has 1 fully saturated rings. The first-order valence-corrected chi connectivity index (χ1v) is 16.9. The normalized spacial score (nSPS) is 14.9. The number of benzene rings is 4. The number of hydrogen-bond donors (Lipinski definition) is 0. The van der Waals surface area contributed by atoms with Crippen molar-refractivity contribution in [1.82, 2.24) is 14.7 Å². The second-order valence-corrected chi connectivity index (χ2v) is 13.0. The van der Waals surface area contributed by atoms with Gasteiger partial charge in [0.2, 0.25) is 0 Å². The summed E-state index contributed by atoms with van der Waals surface area (Å²) >= 11 is 7.07. The smallest absolute Gasteiger partial charge is 0.266 e. The molecule has 0 bridgehead atoms. The third-order valence-corrected chi connectivity index (χ3v) is 9.69. The van der Waals surface area contributed by atoms with Crippen LogP contribution in [0.3, 0.4) is 0 Å². The lowest BCUT2D eigenvalue weighted by molar-refractivity contribution is -0.122. The van der Waals surface area contributed by atoms with Crippen molar-refractivity contribution in [1.29, 1.82) is 0 Å². The molecule has 1 unspecified atom stereocenters. The average molecular weight is 632 g/mol. The summed E-state index contributed by atoms with van der Waals surface area (Å²) in [5.74, 6) is 1.21. The molecule has 6 rings (SSSR count). The Morgan fingerprint density at radius 1 is 0.933 bits per heavy atom. The van der Waals surface area contributed by atoms with E-state index in [9.17, 15) is 4.79 Å². The quantitative estimate of drug-likeness (QED) is 0.101. The second kappa shape index (κ2) is 14.3. The summed E-state index contributed by atoms with van der Waals surface area (Å²) in [5, 5.41) is 7.37. The van der Waals surface area contributed by atoms with Crippen molar-refractivity contribution in [3.63, 3.8) is 0 Å². The minimum absolute atomic E-state index is 0.0180. The van der Waals surface area contributed by atoms with Crippen molar-refractivity contribution in [3.05, 3.63) is 119 Å². The van der Waals surface area contributed by atoms with Gasteiger partial charge < -0.3 is 4.74 Å². The van der Waals surface area contributed by atoms with Gasteiger partial charge >= 0.3 is 0 Å². The lowest BCUT2D eigenvalue weighted by Crippen LogP contribution is -2.33. The Hall–Kier alpha value is -4.20. The molecule has 5 nitrogen and oxygen atoms in total. The topological polar surface area (TPSA) is 47.4 Å². The van der Waals surface area contributed by atoms with Crippen LogP contribution in [0.2, 0.25) is 0 Å². The fraction of sp³-hybridized carbons (Fsp3) is 0.237. The van der Waals surface area contributed by atoms with Gasteiger partial charge in [0, 0.05) is 23.9 Å². The van der Waals surface area contributed by atoms with Crippen LogP contribution in [-0.2, 0) is 11.4 Å². The predicted molar refractivity (Wildman–Crippen MR) is 190 cm³/mol. The Labute approximate surface area is 274 Å². The third kappa shape index (κ3) is 7.05. The summed E-state index contributed by atoms with van der Waals surface area (Å²) in [4.78, 5) is 16.0. The molecule has 1 amide bonds. The minimum Gasteiger partial charge on any atom is -0.489 e. The van der Waals surface area contributed by atoms with E-state index < -0.39 is 0 Å². The van der Waals surface area contributed by atoms with Crippen LogP contribution in [0.1, 0.15) is 50.7 Å². The number of nitrogens with zero attached hydrogens (tertiary/aromatic N) is 3. The molecule has 1 aromatic heterocycles. The molecule has 1 aliphatic rings. The highest BCUT2D eigenvalue weighted by molar-refractivity contribution is 8.26. The molecule has 1 saturated heterocycles. The number of rotatable bonds is 12. The van der Waals surface area contributed by atoms with Crippen LogP contribution in [0.4, 0.5) is 0 Å². The van der Waals surface area contributed by atoms with Crippen LogP contribution < -0.4 is 4.74 Å². The number of carbonyl (C=O) groups excluding carboxylic acids is 1. The number of unbranched alkanes of at least 4 members (excludes halogenated alkanes) is 1. The van der Waals surface area contributed by atoms with E-state index in [1.54, 1.807) is 4.90 Å². The zero-order valence-corrected chi connectivity index (χ0v) is 27.3. The Morgan fingerprint density at radius 2 is 1.69 bits per heavy atom. The zero-order valence-electron chi connectivity index (χ0n) is 25.7. The molecule has 7 heteroatoms. The molecule has 0 saturated carbocycles.